The van der Waals surface area contributed by atoms with Gasteiger partial charge in [-0.05, 0) is 18.4 Å². The Morgan fingerprint density at radius 2 is 1.78 bits per heavy atom. The van der Waals surface area contributed by atoms with Crippen LogP contribution in [0.25, 0.3) is 0 Å². The maximum Gasteiger partial charge on any atom is 0.243 e. The van der Waals surface area contributed by atoms with Crippen LogP contribution < -0.4 is 16.4 Å². The van der Waals surface area contributed by atoms with E-state index in [1.807, 2.05) is 30.3 Å². The van der Waals surface area contributed by atoms with Gasteiger partial charge in [0.25, 0.3) is 0 Å². The maximum atomic E-state index is 12.6. The van der Waals surface area contributed by atoms with Crippen molar-refractivity contribution in [3.05, 3.63) is 35.9 Å². The van der Waals surface area contributed by atoms with Gasteiger partial charge in [0.2, 0.25) is 17.7 Å². The summed E-state index contributed by atoms with van der Waals surface area (Å²) in [4.78, 5) is 46.9. The van der Waals surface area contributed by atoms with Gasteiger partial charge in [-0.3, -0.25) is 14.4 Å². The second kappa shape index (κ2) is 12.6. The summed E-state index contributed by atoms with van der Waals surface area (Å²) in [6.45, 7) is 2.05. The number of nitrogens with two attached hydrogens (primary N) is 1. The smallest absolute Gasteiger partial charge is 0.243 e. The third-order valence-electron chi connectivity index (χ3n) is 4.14. The predicted octanol–water partition coefficient (Wildman–Crippen LogP) is 1.24. The second-order valence-corrected chi connectivity index (χ2v) is 6.52. The minimum atomic E-state index is -0.819. The number of hydrogen-bond donors (Lipinski definition) is 3. The normalized spacial score (nSPS) is 12.6. The van der Waals surface area contributed by atoms with Crippen molar-refractivity contribution >= 4 is 24.0 Å². The summed E-state index contributed by atoms with van der Waals surface area (Å²) in [6, 6.07) is 7.71. The highest BCUT2D eigenvalue weighted by Gasteiger charge is 2.23. The Bertz CT molecular complexity index is 619. The zero-order valence-corrected chi connectivity index (χ0v) is 15.8. The molecule has 1 aromatic rings. The molecule has 0 unspecified atom stereocenters. The Kier molecular flexibility index (Phi) is 10.4. The highest BCUT2D eigenvalue weighted by atomic mass is 16.2. The average molecular weight is 375 g/mol. The number of rotatable bonds is 13. The number of benzene rings is 1. The first kappa shape index (κ1) is 22.3. The van der Waals surface area contributed by atoms with E-state index in [9.17, 15) is 19.2 Å². The topological polar surface area (TPSA) is 118 Å². The molecule has 27 heavy (non-hydrogen) atoms. The van der Waals surface area contributed by atoms with E-state index in [-0.39, 0.29) is 18.7 Å². The molecule has 0 aliphatic carbocycles. The lowest BCUT2D eigenvalue weighted by molar-refractivity contribution is -0.130. The van der Waals surface area contributed by atoms with Crippen LogP contribution in [0.4, 0.5) is 0 Å². The fourth-order valence-electron chi connectivity index (χ4n) is 2.62. The first-order valence-corrected chi connectivity index (χ1v) is 9.33. The van der Waals surface area contributed by atoms with Crippen LogP contribution >= 0.6 is 0 Å². The van der Waals surface area contributed by atoms with Crippen molar-refractivity contribution < 1.29 is 19.2 Å². The van der Waals surface area contributed by atoms with Crippen LogP contribution in [0.3, 0.4) is 0 Å². The third-order valence-corrected chi connectivity index (χ3v) is 4.14. The van der Waals surface area contributed by atoms with Crippen LogP contribution in [0.15, 0.2) is 30.3 Å². The summed E-state index contributed by atoms with van der Waals surface area (Å²) >= 11 is 0. The van der Waals surface area contributed by atoms with E-state index in [0.717, 1.165) is 24.8 Å². The predicted molar refractivity (Wildman–Crippen MR) is 103 cm³/mol. The van der Waals surface area contributed by atoms with Crippen molar-refractivity contribution in [2.75, 3.05) is 0 Å². The van der Waals surface area contributed by atoms with Crippen molar-refractivity contribution in [2.45, 2.75) is 64.0 Å². The molecule has 3 amide bonds. The first-order chi connectivity index (χ1) is 13.0. The van der Waals surface area contributed by atoms with E-state index in [2.05, 4.69) is 17.6 Å². The van der Waals surface area contributed by atoms with E-state index >= 15 is 0 Å². The van der Waals surface area contributed by atoms with E-state index in [1.54, 1.807) is 0 Å². The Balaban J connectivity index is 2.75. The highest BCUT2D eigenvalue weighted by Crippen LogP contribution is 2.06. The van der Waals surface area contributed by atoms with Gasteiger partial charge in [-0.15, -0.1) is 0 Å². The van der Waals surface area contributed by atoms with Crippen molar-refractivity contribution in [3.8, 4) is 0 Å². The SMILES string of the molecule is CCCCCC(=O)N[C@@H](Cc1ccccc1)C(=O)N[C@H](C=O)CCC(N)=O. The molecule has 0 spiro atoms. The number of nitrogens with one attached hydrogen (secondary N) is 2. The summed E-state index contributed by atoms with van der Waals surface area (Å²) in [5, 5.41) is 5.35. The molecular weight excluding hydrogens is 346 g/mol. The van der Waals surface area contributed by atoms with Crippen molar-refractivity contribution in [1.82, 2.24) is 10.6 Å². The molecule has 1 aromatic carbocycles. The number of carbonyl (C=O) groups excluding carboxylic acids is 4. The molecule has 0 aliphatic heterocycles. The van der Waals surface area contributed by atoms with Crippen molar-refractivity contribution in [2.24, 2.45) is 5.73 Å². The number of unbranched alkanes of at least 4 members (excludes halogenated alkanes) is 2. The van der Waals surface area contributed by atoms with E-state index in [1.165, 1.54) is 0 Å². The number of hydrogen-bond acceptors (Lipinski definition) is 4. The van der Waals surface area contributed by atoms with Gasteiger partial charge in [-0.2, -0.15) is 0 Å². The fraction of sp³-hybridized carbons (Fsp3) is 0.500. The molecule has 2 atom stereocenters. The molecule has 0 aliphatic rings. The van der Waals surface area contributed by atoms with Gasteiger partial charge in [0.15, 0.2) is 0 Å². The molecule has 0 saturated carbocycles. The number of aldehydes is 1. The molecule has 7 heteroatoms. The molecule has 0 heterocycles. The Labute approximate surface area is 160 Å². The highest BCUT2D eigenvalue weighted by molar-refractivity contribution is 5.89. The molecule has 0 saturated heterocycles. The zero-order chi connectivity index (χ0) is 20.1. The van der Waals surface area contributed by atoms with Crippen LogP contribution in [0.1, 0.15) is 51.0 Å². The van der Waals surface area contributed by atoms with Crippen molar-refractivity contribution in [3.63, 3.8) is 0 Å². The quantitative estimate of drug-likeness (QED) is 0.355. The molecular formula is C20H29N3O4. The molecule has 0 aromatic heterocycles. The largest absolute Gasteiger partial charge is 0.370 e. The van der Waals surface area contributed by atoms with Gasteiger partial charge in [0.05, 0.1) is 6.04 Å². The van der Waals surface area contributed by atoms with Gasteiger partial charge in [0.1, 0.15) is 12.3 Å². The minimum absolute atomic E-state index is 0.00356. The van der Waals surface area contributed by atoms with Gasteiger partial charge < -0.3 is 21.2 Å². The van der Waals surface area contributed by atoms with Gasteiger partial charge in [-0.1, -0.05) is 50.1 Å². The third kappa shape index (κ3) is 9.53. The van der Waals surface area contributed by atoms with Crippen LogP contribution in [-0.2, 0) is 25.6 Å². The van der Waals surface area contributed by atoms with Crippen molar-refractivity contribution in [1.29, 1.82) is 0 Å². The molecule has 0 fully saturated rings. The minimum Gasteiger partial charge on any atom is -0.370 e. The lowest BCUT2D eigenvalue weighted by Crippen LogP contribution is -2.51. The Morgan fingerprint density at radius 1 is 1.07 bits per heavy atom. The number of primary amides is 1. The molecule has 7 nitrogen and oxygen atoms in total. The number of amides is 3. The fourth-order valence-corrected chi connectivity index (χ4v) is 2.62. The van der Waals surface area contributed by atoms with E-state index < -0.39 is 23.9 Å². The molecule has 1 rings (SSSR count). The summed E-state index contributed by atoms with van der Waals surface area (Å²) in [6.07, 6.45) is 4.08. The molecule has 148 valence electrons. The molecule has 0 bridgehead atoms. The van der Waals surface area contributed by atoms with Crippen LogP contribution in [-0.4, -0.2) is 36.1 Å². The second-order valence-electron chi connectivity index (χ2n) is 6.52. The van der Waals surface area contributed by atoms with Gasteiger partial charge in [0, 0.05) is 19.3 Å². The zero-order valence-electron chi connectivity index (χ0n) is 15.8. The lowest BCUT2D eigenvalue weighted by Gasteiger charge is -2.21. The average Bonchev–Trinajstić information content (AvgIpc) is 2.65. The Morgan fingerprint density at radius 3 is 2.37 bits per heavy atom. The molecule has 4 N–H and O–H groups in total. The van der Waals surface area contributed by atoms with Gasteiger partial charge >= 0.3 is 0 Å². The van der Waals surface area contributed by atoms with E-state index in [4.69, 9.17) is 5.73 Å². The summed E-state index contributed by atoms with van der Waals surface area (Å²) in [7, 11) is 0. The number of carbonyl (C=O) groups is 4. The monoisotopic (exact) mass is 375 g/mol. The summed E-state index contributed by atoms with van der Waals surface area (Å²) < 4.78 is 0. The van der Waals surface area contributed by atoms with Crippen LogP contribution in [0.5, 0.6) is 0 Å². The standard InChI is InChI=1S/C20H29N3O4/c1-2-3-5-10-19(26)23-17(13-15-8-6-4-7-9-15)20(27)22-16(14-24)11-12-18(21)25/h4,6-9,14,16-17H,2-3,5,10-13H2,1H3,(H2,21,25)(H,22,27)(H,23,26)/t16-,17-/m0/s1. The van der Waals surface area contributed by atoms with E-state index in [0.29, 0.717) is 19.1 Å². The van der Waals surface area contributed by atoms with Gasteiger partial charge in [-0.25, -0.2) is 0 Å². The van der Waals surface area contributed by atoms with Crippen LogP contribution in [0, 0.1) is 0 Å². The lowest BCUT2D eigenvalue weighted by atomic mass is 10.0. The summed E-state index contributed by atoms with van der Waals surface area (Å²) in [5.41, 5.74) is 5.98. The van der Waals surface area contributed by atoms with Crippen LogP contribution in [0.2, 0.25) is 0 Å². The Hall–Kier alpha value is -2.70. The maximum absolute atomic E-state index is 12.6. The first-order valence-electron chi connectivity index (χ1n) is 9.33. The molecule has 0 radical (unpaired) electrons. The summed E-state index contributed by atoms with van der Waals surface area (Å²) in [5.74, 6) is -1.19.